The van der Waals surface area contributed by atoms with Crippen molar-refractivity contribution in [1.82, 2.24) is 10.6 Å². The molecule has 0 aliphatic heterocycles. The average Bonchev–Trinajstić information content (AvgIpc) is 2.34. The molecule has 0 spiro atoms. The van der Waals surface area contributed by atoms with Gasteiger partial charge in [-0.25, -0.2) is 4.79 Å². The normalized spacial score (nSPS) is 13.7. The van der Waals surface area contributed by atoms with Crippen molar-refractivity contribution in [2.45, 2.75) is 26.0 Å². The largest absolute Gasteiger partial charge is 0.387 e. The summed E-state index contributed by atoms with van der Waals surface area (Å²) in [5, 5.41) is 15.4. The fraction of sp³-hybridized carbons (Fsp3) is 0.500. The minimum Gasteiger partial charge on any atom is -0.387 e. The Kier molecular flexibility index (Phi) is 6.18. The summed E-state index contributed by atoms with van der Waals surface area (Å²) >= 11 is 1.55. The van der Waals surface area contributed by atoms with Crippen molar-refractivity contribution in [3.8, 4) is 0 Å². The molecule has 1 atom stereocenters. The molecule has 1 aromatic rings. The van der Waals surface area contributed by atoms with Crippen molar-refractivity contribution in [3.05, 3.63) is 35.4 Å². The maximum atomic E-state index is 11.6. The van der Waals surface area contributed by atoms with E-state index in [1.165, 1.54) is 5.56 Å². The lowest BCUT2D eigenvalue weighted by Crippen LogP contribution is -2.45. The van der Waals surface area contributed by atoms with Crippen molar-refractivity contribution in [3.63, 3.8) is 0 Å². The van der Waals surface area contributed by atoms with Crippen LogP contribution in [-0.2, 0) is 6.54 Å². The first-order chi connectivity index (χ1) is 8.93. The van der Waals surface area contributed by atoms with Crippen LogP contribution in [0, 0.1) is 6.92 Å². The van der Waals surface area contributed by atoms with Gasteiger partial charge in [-0.2, -0.15) is 11.8 Å². The molecule has 106 valence electrons. The fourth-order valence-electron chi connectivity index (χ4n) is 1.70. The Morgan fingerprint density at radius 1 is 1.42 bits per heavy atom. The van der Waals surface area contributed by atoms with Crippen molar-refractivity contribution < 1.29 is 9.90 Å². The Bertz CT molecular complexity index is 422. The van der Waals surface area contributed by atoms with E-state index in [2.05, 4.69) is 10.6 Å². The number of hydrogen-bond donors (Lipinski definition) is 3. The van der Waals surface area contributed by atoms with Crippen molar-refractivity contribution in [1.29, 1.82) is 0 Å². The first-order valence-electron chi connectivity index (χ1n) is 6.21. The predicted molar refractivity (Wildman–Crippen MR) is 80.4 cm³/mol. The number of thioether (sulfide) groups is 1. The van der Waals surface area contributed by atoms with Crippen molar-refractivity contribution in [2.75, 3.05) is 18.6 Å². The van der Waals surface area contributed by atoms with E-state index in [-0.39, 0.29) is 12.6 Å². The molecule has 0 saturated carbocycles. The highest BCUT2D eigenvalue weighted by molar-refractivity contribution is 7.98. The Morgan fingerprint density at radius 2 is 2.16 bits per heavy atom. The van der Waals surface area contributed by atoms with E-state index in [9.17, 15) is 9.90 Å². The van der Waals surface area contributed by atoms with Crippen LogP contribution in [0.5, 0.6) is 0 Å². The molecule has 0 aliphatic carbocycles. The van der Waals surface area contributed by atoms with E-state index in [1.807, 2.05) is 37.4 Å². The molecule has 4 nitrogen and oxygen atoms in total. The zero-order valence-corrected chi connectivity index (χ0v) is 12.5. The highest BCUT2D eigenvalue weighted by Crippen LogP contribution is 2.08. The molecule has 0 fully saturated rings. The minimum absolute atomic E-state index is 0.244. The first-order valence-corrected chi connectivity index (χ1v) is 7.61. The summed E-state index contributed by atoms with van der Waals surface area (Å²) in [4.78, 5) is 11.6. The number of benzene rings is 1. The second-order valence-corrected chi connectivity index (χ2v) is 5.82. The maximum Gasteiger partial charge on any atom is 0.315 e. The molecule has 0 heterocycles. The van der Waals surface area contributed by atoms with Gasteiger partial charge >= 0.3 is 6.03 Å². The van der Waals surface area contributed by atoms with Crippen LogP contribution in [0.4, 0.5) is 4.79 Å². The fourth-order valence-corrected chi connectivity index (χ4v) is 2.42. The maximum absolute atomic E-state index is 11.6. The predicted octanol–water partition coefficient (Wildman–Crippen LogP) is 1.91. The molecule has 0 saturated heterocycles. The zero-order chi connectivity index (χ0) is 14.3. The molecule has 19 heavy (non-hydrogen) atoms. The number of carbonyl (C=O) groups is 1. The van der Waals surface area contributed by atoms with Crippen LogP contribution >= 0.6 is 11.8 Å². The molecule has 1 aromatic carbocycles. The summed E-state index contributed by atoms with van der Waals surface area (Å²) in [5.74, 6) is 0.588. The van der Waals surface area contributed by atoms with Gasteiger partial charge in [0.2, 0.25) is 0 Å². The molecule has 2 amide bonds. The molecule has 0 aromatic heterocycles. The van der Waals surface area contributed by atoms with Crippen molar-refractivity contribution in [2.24, 2.45) is 0 Å². The number of hydrogen-bond acceptors (Lipinski definition) is 3. The standard InChI is InChI=1S/C14H22N2O2S/c1-11-5-4-6-12(7-11)8-15-13(17)16-9-14(2,18)10-19-3/h4-7,18H,8-10H2,1-3H3,(H2,15,16,17). The van der Waals surface area contributed by atoms with Gasteiger partial charge in [-0.15, -0.1) is 0 Å². The van der Waals surface area contributed by atoms with Crippen molar-refractivity contribution >= 4 is 17.8 Å². The van der Waals surface area contributed by atoms with E-state index in [0.29, 0.717) is 12.3 Å². The summed E-state index contributed by atoms with van der Waals surface area (Å²) in [6, 6.07) is 7.72. The summed E-state index contributed by atoms with van der Waals surface area (Å²) in [5.41, 5.74) is 1.36. The Labute approximate surface area is 119 Å². The van der Waals surface area contributed by atoms with Gasteiger partial charge in [0.05, 0.1) is 5.60 Å². The van der Waals surface area contributed by atoms with E-state index in [4.69, 9.17) is 0 Å². The average molecular weight is 282 g/mol. The van der Waals surface area contributed by atoms with Gasteiger partial charge in [-0.1, -0.05) is 29.8 Å². The smallest absolute Gasteiger partial charge is 0.315 e. The van der Waals surface area contributed by atoms with E-state index < -0.39 is 5.60 Å². The van der Waals surface area contributed by atoms with Gasteiger partial charge in [-0.05, 0) is 25.7 Å². The second kappa shape index (κ2) is 7.40. The quantitative estimate of drug-likeness (QED) is 0.747. The van der Waals surface area contributed by atoms with Crippen LogP contribution in [0.1, 0.15) is 18.1 Å². The van der Waals surface area contributed by atoms with E-state index in [1.54, 1.807) is 18.7 Å². The molecular formula is C14H22N2O2S. The second-order valence-electron chi connectivity index (χ2n) is 4.96. The summed E-state index contributed by atoms with van der Waals surface area (Å²) in [7, 11) is 0. The molecule has 0 aliphatic rings. The summed E-state index contributed by atoms with van der Waals surface area (Å²) in [6.45, 7) is 4.46. The van der Waals surface area contributed by atoms with Crippen LogP contribution in [0.25, 0.3) is 0 Å². The number of amides is 2. The number of nitrogens with one attached hydrogen (secondary N) is 2. The van der Waals surface area contributed by atoms with Gasteiger partial charge in [0.25, 0.3) is 0 Å². The highest BCUT2D eigenvalue weighted by atomic mass is 32.2. The van der Waals surface area contributed by atoms with E-state index >= 15 is 0 Å². The Hall–Kier alpha value is -1.20. The lowest BCUT2D eigenvalue weighted by atomic mass is 10.1. The van der Waals surface area contributed by atoms with Crippen LogP contribution < -0.4 is 10.6 Å². The van der Waals surface area contributed by atoms with Gasteiger partial charge in [0, 0.05) is 18.8 Å². The number of urea groups is 1. The van der Waals surface area contributed by atoms with Gasteiger partial charge in [0.15, 0.2) is 0 Å². The zero-order valence-electron chi connectivity index (χ0n) is 11.7. The Balaban J connectivity index is 2.32. The summed E-state index contributed by atoms with van der Waals surface area (Å²) in [6.07, 6.45) is 1.92. The molecule has 3 N–H and O–H groups in total. The molecule has 0 bridgehead atoms. The topological polar surface area (TPSA) is 61.4 Å². The number of carbonyl (C=O) groups excluding carboxylic acids is 1. The first kappa shape index (κ1) is 15.9. The molecule has 1 unspecified atom stereocenters. The summed E-state index contributed by atoms with van der Waals surface area (Å²) < 4.78 is 0. The third-order valence-corrected chi connectivity index (χ3v) is 3.53. The van der Waals surface area contributed by atoms with Crippen LogP contribution in [-0.4, -0.2) is 35.3 Å². The third kappa shape index (κ3) is 6.50. The Morgan fingerprint density at radius 3 is 2.79 bits per heavy atom. The van der Waals surface area contributed by atoms with Gasteiger partial charge in [-0.3, -0.25) is 0 Å². The third-order valence-electron chi connectivity index (χ3n) is 2.62. The van der Waals surface area contributed by atoms with Gasteiger partial charge in [0.1, 0.15) is 0 Å². The van der Waals surface area contributed by atoms with Crippen LogP contribution in [0.3, 0.4) is 0 Å². The lowest BCUT2D eigenvalue weighted by Gasteiger charge is -2.22. The van der Waals surface area contributed by atoms with E-state index in [0.717, 1.165) is 5.56 Å². The molecule has 5 heteroatoms. The van der Waals surface area contributed by atoms with Crippen LogP contribution in [0.15, 0.2) is 24.3 Å². The monoisotopic (exact) mass is 282 g/mol. The molecule has 1 rings (SSSR count). The molecular weight excluding hydrogens is 260 g/mol. The minimum atomic E-state index is -0.875. The lowest BCUT2D eigenvalue weighted by molar-refractivity contribution is 0.0869. The van der Waals surface area contributed by atoms with Crippen LogP contribution in [0.2, 0.25) is 0 Å². The number of rotatable bonds is 6. The highest BCUT2D eigenvalue weighted by Gasteiger charge is 2.20. The number of aliphatic hydroxyl groups is 1. The SMILES string of the molecule is CSCC(C)(O)CNC(=O)NCc1cccc(C)c1. The van der Waals surface area contributed by atoms with Gasteiger partial charge < -0.3 is 15.7 Å². The number of aryl methyl sites for hydroxylation is 1. The molecule has 0 radical (unpaired) electrons.